The average Bonchev–Trinajstić information content (AvgIpc) is 3.25. The highest BCUT2D eigenvalue weighted by Gasteiger charge is 2.30. The van der Waals surface area contributed by atoms with Gasteiger partial charge in [-0.05, 0) is 12.8 Å². The van der Waals surface area contributed by atoms with E-state index in [0.717, 1.165) is 12.8 Å². The Morgan fingerprint density at radius 3 is 2.00 bits per heavy atom. The van der Waals surface area contributed by atoms with Gasteiger partial charge in [0, 0.05) is 6.04 Å². The van der Waals surface area contributed by atoms with Gasteiger partial charge < -0.3 is 15.8 Å². The van der Waals surface area contributed by atoms with E-state index < -0.39 is 53.4 Å². The molecule has 1 atom stereocenters. The first kappa shape index (κ1) is 15.5. The fourth-order valence-electron chi connectivity index (χ4n) is 1.63. The number of benzene rings is 1. The predicted molar refractivity (Wildman–Crippen MR) is 60.9 cm³/mol. The van der Waals surface area contributed by atoms with E-state index in [-0.39, 0.29) is 6.04 Å². The van der Waals surface area contributed by atoms with Crippen LogP contribution >= 0.6 is 0 Å². The third kappa shape index (κ3) is 3.23. The van der Waals surface area contributed by atoms with Gasteiger partial charge in [-0.15, -0.1) is 0 Å². The van der Waals surface area contributed by atoms with Gasteiger partial charge in [0.1, 0.15) is 12.6 Å². The molecule has 0 spiro atoms. The van der Waals surface area contributed by atoms with Gasteiger partial charge in [0.25, 0.3) is 0 Å². The van der Waals surface area contributed by atoms with Crippen LogP contribution in [-0.2, 0) is 4.79 Å². The van der Waals surface area contributed by atoms with Crippen LogP contribution in [0.3, 0.4) is 0 Å². The van der Waals surface area contributed by atoms with Gasteiger partial charge in [-0.2, -0.15) is 8.78 Å². The van der Waals surface area contributed by atoms with Crippen LogP contribution in [0.5, 0.6) is 5.75 Å². The van der Waals surface area contributed by atoms with Crippen molar-refractivity contribution in [2.45, 2.75) is 24.9 Å². The molecule has 1 fully saturated rings. The van der Waals surface area contributed by atoms with Crippen LogP contribution < -0.4 is 15.8 Å². The van der Waals surface area contributed by atoms with Crippen molar-refractivity contribution in [3.8, 4) is 5.75 Å². The average molecular weight is 310 g/mol. The second-order valence-electron chi connectivity index (χ2n) is 4.61. The minimum Gasteiger partial charge on any atom is -0.485 e. The van der Waals surface area contributed by atoms with Crippen molar-refractivity contribution in [1.29, 1.82) is 0 Å². The maximum atomic E-state index is 13.3. The van der Waals surface area contributed by atoms with Crippen LogP contribution in [0.4, 0.5) is 22.0 Å². The van der Waals surface area contributed by atoms with Crippen molar-refractivity contribution in [2.75, 3.05) is 6.61 Å². The minimum absolute atomic E-state index is 0.0301. The minimum atomic E-state index is -2.28. The summed E-state index contributed by atoms with van der Waals surface area (Å²) in [6.07, 6.45) is 1.60. The van der Waals surface area contributed by atoms with Crippen LogP contribution in [-0.4, -0.2) is 24.6 Å². The highest BCUT2D eigenvalue weighted by atomic mass is 19.2. The summed E-state index contributed by atoms with van der Waals surface area (Å²) in [5, 5.41) is 2.73. The fraction of sp³-hybridized carbons (Fsp3) is 0.417. The Kier molecular flexibility index (Phi) is 4.31. The van der Waals surface area contributed by atoms with Crippen molar-refractivity contribution in [3.63, 3.8) is 0 Å². The molecule has 0 bridgehead atoms. The first-order valence-corrected chi connectivity index (χ1v) is 6.02. The van der Waals surface area contributed by atoms with E-state index >= 15 is 0 Å². The number of nitrogens with one attached hydrogen (secondary N) is 1. The number of hydrogen-bond donors (Lipinski definition) is 2. The standard InChI is InChI=1S/C12H11F5N2O2/c13-6-7(14)9(16)11(10(17)8(6)15)21-3-5(12(18)20)19-4-1-2-4/h4-5,19H,1-3H2,(H2,18,20). The number of hydrogen-bond acceptors (Lipinski definition) is 3. The second-order valence-corrected chi connectivity index (χ2v) is 4.61. The lowest BCUT2D eigenvalue weighted by Crippen LogP contribution is -2.46. The Labute approximate surface area is 116 Å². The first-order valence-electron chi connectivity index (χ1n) is 6.02. The summed E-state index contributed by atoms with van der Waals surface area (Å²) < 4.78 is 70.0. The van der Waals surface area contributed by atoms with Crippen LogP contribution in [0.25, 0.3) is 0 Å². The molecule has 1 aromatic rings. The Bertz CT molecular complexity index is 548. The molecule has 3 N–H and O–H groups in total. The lowest BCUT2D eigenvalue weighted by molar-refractivity contribution is -0.120. The fourth-order valence-corrected chi connectivity index (χ4v) is 1.63. The van der Waals surface area contributed by atoms with Crippen LogP contribution in [0.15, 0.2) is 0 Å². The zero-order valence-corrected chi connectivity index (χ0v) is 10.6. The number of ether oxygens (including phenoxy) is 1. The van der Waals surface area contributed by atoms with Gasteiger partial charge >= 0.3 is 0 Å². The largest absolute Gasteiger partial charge is 0.485 e. The maximum Gasteiger partial charge on any atom is 0.238 e. The number of halogens is 5. The molecule has 0 radical (unpaired) electrons. The normalized spacial score (nSPS) is 15.9. The van der Waals surface area contributed by atoms with Gasteiger partial charge in [0.2, 0.25) is 35.0 Å². The molecular formula is C12H11F5N2O2. The molecule has 9 heteroatoms. The SMILES string of the molecule is NC(=O)C(COc1c(F)c(F)c(F)c(F)c1F)NC1CC1. The van der Waals surface area contributed by atoms with Crippen LogP contribution in [0.2, 0.25) is 0 Å². The highest BCUT2D eigenvalue weighted by Crippen LogP contribution is 2.29. The Morgan fingerprint density at radius 2 is 1.57 bits per heavy atom. The van der Waals surface area contributed by atoms with Crippen molar-refractivity contribution >= 4 is 5.91 Å². The van der Waals surface area contributed by atoms with E-state index in [1.807, 2.05) is 0 Å². The second kappa shape index (κ2) is 5.84. The van der Waals surface area contributed by atoms with Crippen molar-refractivity contribution in [1.82, 2.24) is 5.32 Å². The predicted octanol–water partition coefficient (Wildman–Crippen LogP) is 1.37. The molecule has 1 saturated carbocycles. The highest BCUT2D eigenvalue weighted by molar-refractivity contribution is 5.80. The van der Waals surface area contributed by atoms with E-state index in [9.17, 15) is 26.7 Å². The van der Waals surface area contributed by atoms with Crippen molar-refractivity contribution in [2.24, 2.45) is 5.73 Å². The molecule has 1 aliphatic rings. The summed E-state index contributed by atoms with van der Waals surface area (Å²) in [5.41, 5.74) is 5.06. The van der Waals surface area contributed by atoms with Crippen molar-refractivity contribution in [3.05, 3.63) is 29.1 Å². The van der Waals surface area contributed by atoms with Crippen LogP contribution in [0.1, 0.15) is 12.8 Å². The molecule has 2 rings (SSSR count). The molecule has 0 aromatic heterocycles. The first-order chi connectivity index (χ1) is 9.82. The van der Waals surface area contributed by atoms with Crippen LogP contribution in [0, 0.1) is 29.1 Å². The molecule has 1 amide bonds. The van der Waals surface area contributed by atoms with E-state index in [2.05, 4.69) is 10.1 Å². The molecule has 116 valence electrons. The molecule has 0 saturated heterocycles. The third-order valence-electron chi connectivity index (χ3n) is 2.92. The lowest BCUT2D eigenvalue weighted by atomic mass is 10.2. The number of rotatable bonds is 6. The summed E-state index contributed by atoms with van der Waals surface area (Å²) in [6, 6.07) is -1.06. The molecule has 0 heterocycles. The summed E-state index contributed by atoms with van der Waals surface area (Å²) >= 11 is 0. The van der Waals surface area contributed by atoms with E-state index in [4.69, 9.17) is 5.73 Å². The van der Waals surface area contributed by atoms with E-state index in [0.29, 0.717) is 0 Å². The zero-order chi connectivity index (χ0) is 15.7. The number of carbonyl (C=O) groups is 1. The lowest BCUT2D eigenvalue weighted by Gasteiger charge is -2.17. The third-order valence-corrected chi connectivity index (χ3v) is 2.92. The van der Waals surface area contributed by atoms with Gasteiger partial charge in [0.15, 0.2) is 5.75 Å². The summed E-state index contributed by atoms with van der Waals surface area (Å²) in [7, 11) is 0. The maximum absolute atomic E-state index is 13.3. The molecule has 0 aliphatic heterocycles. The smallest absolute Gasteiger partial charge is 0.238 e. The zero-order valence-electron chi connectivity index (χ0n) is 10.6. The number of carbonyl (C=O) groups excluding carboxylic acids is 1. The Hall–Kier alpha value is -1.90. The number of primary amides is 1. The summed E-state index contributed by atoms with van der Waals surface area (Å²) in [6.45, 7) is -0.649. The molecular weight excluding hydrogens is 299 g/mol. The topological polar surface area (TPSA) is 64.4 Å². The number of nitrogens with two attached hydrogens (primary N) is 1. The van der Waals surface area contributed by atoms with E-state index in [1.165, 1.54) is 0 Å². The number of amides is 1. The molecule has 1 aliphatic carbocycles. The van der Waals surface area contributed by atoms with E-state index in [1.54, 1.807) is 0 Å². The molecule has 4 nitrogen and oxygen atoms in total. The van der Waals surface area contributed by atoms with Gasteiger partial charge in [-0.1, -0.05) is 0 Å². The molecule has 1 unspecified atom stereocenters. The molecule has 21 heavy (non-hydrogen) atoms. The van der Waals surface area contributed by atoms with Gasteiger partial charge in [-0.3, -0.25) is 4.79 Å². The monoisotopic (exact) mass is 310 g/mol. The van der Waals surface area contributed by atoms with Gasteiger partial charge in [-0.25, -0.2) is 13.2 Å². The quantitative estimate of drug-likeness (QED) is 0.474. The van der Waals surface area contributed by atoms with Gasteiger partial charge in [0.05, 0.1) is 0 Å². The summed E-state index contributed by atoms with van der Waals surface area (Å²) in [4.78, 5) is 11.1. The summed E-state index contributed by atoms with van der Waals surface area (Å²) in [5.74, 6) is -13.0. The Balaban J connectivity index is 2.16. The molecule has 1 aromatic carbocycles. The van der Waals surface area contributed by atoms with Crippen molar-refractivity contribution < 1.29 is 31.5 Å². The Morgan fingerprint density at radius 1 is 1.10 bits per heavy atom.